The van der Waals surface area contributed by atoms with Crippen molar-refractivity contribution in [3.05, 3.63) is 0 Å². The summed E-state index contributed by atoms with van der Waals surface area (Å²) in [6, 6.07) is 0. The maximum atomic E-state index is 5.56. The van der Waals surface area contributed by atoms with E-state index in [-0.39, 0.29) is 0 Å². The van der Waals surface area contributed by atoms with E-state index in [1.54, 1.807) is 0 Å². The van der Waals surface area contributed by atoms with Crippen molar-refractivity contribution in [3.63, 3.8) is 0 Å². The summed E-state index contributed by atoms with van der Waals surface area (Å²) in [5.74, 6) is 0. The van der Waals surface area contributed by atoms with E-state index in [9.17, 15) is 0 Å². The Kier molecular flexibility index (Phi) is 6.76. The van der Waals surface area contributed by atoms with Crippen LogP contribution >= 0.6 is 0 Å². The minimum Gasteiger partial charge on any atom is -0.353 e. The zero-order valence-corrected chi connectivity index (χ0v) is 11.5. The first kappa shape index (κ1) is 15.5. The van der Waals surface area contributed by atoms with Gasteiger partial charge >= 0.3 is 0 Å². The molecule has 0 heterocycles. The molecule has 0 bridgehead atoms. The fourth-order valence-corrected chi connectivity index (χ4v) is 1.00. The molecular formula is C12H26N2O2. The van der Waals surface area contributed by atoms with Crippen molar-refractivity contribution in [1.29, 1.82) is 0 Å². The number of hydrogen-bond donors (Lipinski definition) is 0. The number of hydrogen-bond acceptors (Lipinski definition) is 4. The Morgan fingerprint density at radius 1 is 0.750 bits per heavy atom. The van der Waals surface area contributed by atoms with Crippen LogP contribution in [0.5, 0.6) is 0 Å². The van der Waals surface area contributed by atoms with Crippen LogP contribution in [0.15, 0.2) is 10.2 Å². The normalized spacial score (nSPS) is 13.6. The molecule has 0 amide bonds. The third-order valence-electron chi connectivity index (χ3n) is 1.85. The molecule has 0 aromatic carbocycles. The first-order chi connectivity index (χ1) is 7.33. The smallest absolute Gasteiger partial charge is 0.173 e. The molecule has 0 saturated heterocycles. The van der Waals surface area contributed by atoms with Gasteiger partial charge in [-0.2, -0.15) is 10.2 Å². The zero-order valence-electron chi connectivity index (χ0n) is 11.5. The average Bonchev–Trinajstić information content (AvgIpc) is 2.22. The van der Waals surface area contributed by atoms with E-state index in [1.165, 1.54) is 0 Å². The summed E-state index contributed by atoms with van der Waals surface area (Å²) in [6.45, 7) is 13.2. The molecule has 0 radical (unpaired) electrons. The molecule has 0 fully saturated rings. The van der Waals surface area contributed by atoms with E-state index >= 15 is 0 Å². The van der Waals surface area contributed by atoms with E-state index in [1.807, 2.05) is 27.7 Å². The van der Waals surface area contributed by atoms with Crippen LogP contribution in [-0.2, 0) is 9.47 Å². The SMILES string of the molecule is CCCOC(C)(C)N=NC(C)(C)OCCC. The fourth-order valence-electron chi connectivity index (χ4n) is 1.00. The minimum absolute atomic E-state index is 0.567. The monoisotopic (exact) mass is 230 g/mol. The first-order valence-electron chi connectivity index (χ1n) is 6.05. The van der Waals surface area contributed by atoms with Crippen molar-refractivity contribution in [1.82, 2.24) is 0 Å². The van der Waals surface area contributed by atoms with Crippen molar-refractivity contribution in [2.45, 2.75) is 65.8 Å². The molecule has 0 aliphatic carbocycles. The van der Waals surface area contributed by atoms with Crippen LogP contribution in [0.1, 0.15) is 54.4 Å². The zero-order chi connectivity index (χ0) is 12.7. The molecule has 0 aliphatic heterocycles. The number of rotatable bonds is 8. The van der Waals surface area contributed by atoms with Crippen molar-refractivity contribution < 1.29 is 9.47 Å². The standard InChI is InChI=1S/C12H26N2O2/c1-7-9-15-11(3,4)13-14-12(5,6)16-10-8-2/h7-10H2,1-6H3. The average molecular weight is 230 g/mol. The van der Waals surface area contributed by atoms with Crippen molar-refractivity contribution in [2.24, 2.45) is 10.2 Å². The van der Waals surface area contributed by atoms with E-state index in [0.717, 1.165) is 12.8 Å². The second kappa shape index (κ2) is 6.97. The van der Waals surface area contributed by atoms with Gasteiger partial charge in [0.25, 0.3) is 0 Å². The molecular weight excluding hydrogens is 204 g/mol. The van der Waals surface area contributed by atoms with Crippen LogP contribution in [-0.4, -0.2) is 24.7 Å². The largest absolute Gasteiger partial charge is 0.353 e. The highest BCUT2D eigenvalue weighted by Crippen LogP contribution is 2.18. The van der Waals surface area contributed by atoms with Gasteiger partial charge in [0.2, 0.25) is 0 Å². The summed E-state index contributed by atoms with van der Waals surface area (Å²) >= 11 is 0. The Balaban J connectivity index is 4.21. The molecule has 0 saturated carbocycles. The first-order valence-corrected chi connectivity index (χ1v) is 6.05. The third-order valence-corrected chi connectivity index (χ3v) is 1.85. The van der Waals surface area contributed by atoms with Gasteiger partial charge < -0.3 is 9.47 Å². The van der Waals surface area contributed by atoms with Crippen LogP contribution in [0.3, 0.4) is 0 Å². The van der Waals surface area contributed by atoms with Gasteiger partial charge in [0.15, 0.2) is 11.4 Å². The van der Waals surface area contributed by atoms with Crippen molar-refractivity contribution in [3.8, 4) is 0 Å². The summed E-state index contributed by atoms with van der Waals surface area (Å²) in [5.41, 5.74) is -1.13. The molecule has 0 spiro atoms. The highest BCUT2D eigenvalue weighted by molar-refractivity contribution is 4.67. The summed E-state index contributed by atoms with van der Waals surface area (Å²) in [4.78, 5) is 0. The molecule has 4 nitrogen and oxygen atoms in total. The van der Waals surface area contributed by atoms with Crippen molar-refractivity contribution >= 4 is 0 Å². The van der Waals surface area contributed by atoms with Crippen LogP contribution in [0, 0.1) is 0 Å². The molecule has 0 atom stereocenters. The Hall–Kier alpha value is -0.480. The van der Waals surface area contributed by atoms with Gasteiger partial charge in [0.1, 0.15) is 0 Å². The van der Waals surface area contributed by atoms with Crippen LogP contribution < -0.4 is 0 Å². The molecule has 0 aromatic heterocycles. The summed E-state index contributed by atoms with van der Waals surface area (Å²) < 4.78 is 11.1. The molecule has 0 aromatic rings. The molecule has 0 unspecified atom stereocenters. The Morgan fingerprint density at radius 3 is 1.31 bits per heavy atom. The van der Waals surface area contributed by atoms with Gasteiger partial charge in [-0.25, -0.2) is 0 Å². The quantitative estimate of drug-likeness (QED) is 0.596. The lowest BCUT2D eigenvalue weighted by Crippen LogP contribution is -2.26. The molecule has 0 N–H and O–H groups in total. The predicted molar refractivity (Wildman–Crippen MR) is 65.5 cm³/mol. The number of azo groups is 1. The summed E-state index contributed by atoms with van der Waals surface area (Å²) in [5, 5.41) is 8.39. The van der Waals surface area contributed by atoms with Crippen LogP contribution in [0.4, 0.5) is 0 Å². The van der Waals surface area contributed by atoms with Crippen molar-refractivity contribution in [2.75, 3.05) is 13.2 Å². The molecule has 96 valence electrons. The number of nitrogens with zero attached hydrogens (tertiary/aromatic N) is 2. The Bertz CT molecular complexity index is 191. The lowest BCUT2D eigenvalue weighted by Gasteiger charge is -2.23. The second-order valence-corrected chi connectivity index (χ2v) is 4.79. The predicted octanol–water partition coefficient (Wildman–Crippen LogP) is 3.76. The van der Waals surface area contributed by atoms with E-state index in [0.29, 0.717) is 13.2 Å². The fraction of sp³-hybridized carbons (Fsp3) is 1.00. The van der Waals surface area contributed by atoms with Gasteiger partial charge in [0, 0.05) is 13.2 Å². The van der Waals surface area contributed by atoms with Gasteiger partial charge in [-0.1, -0.05) is 13.8 Å². The topological polar surface area (TPSA) is 43.2 Å². The lowest BCUT2D eigenvalue weighted by atomic mass is 10.3. The highest BCUT2D eigenvalue weighted by atomic mass is 16.5. The lowest BCUT2D eigenvalue weighted by molar-refractivity contribution is -0.0442. The van der Waals surface area contributed by atoms with Crippen LogP contribution in [0.25, 0.3) is 0 Å². The van der Waals surface area contributed by atoms with E-state index in [2.05, 4.69) is 24.1 Å². The van der Waals surface area contributed by atoms with Gasteiger partial charge in [0.05, 0.1) is 0 Å². The van der Waals surface area contributed by atoms with E-state index < -0.39 is 11.4 Å². The molecule has 0 aliphatic rings. The Morgan fingerprint density at radius 2 is 1.06 bits per heavy atom. The maximum absolute atomic E-state index is 5.56. The van der Waals surface area contributed by atoms with Gasteiger partial charge in [-0.15, -0.1) is 0 Å². The summed E-state index contributed by atoms with van der Waals surface area (Å²) in [6.07, 6.45) is 1.96. The second-order valence-electron chi connectivity index (χ2n) is 4.79. The Labute approximate surface area is 99.4 Å². The van der Waals surface area contributed by atoms with Gasteiger partial charge in [-0.05, 0) is 40.5 Å². The minimum atomic E-state index is -0.567. The maximum Gasteiger partial charge on any atom is 0.173 e. The molecule has 16 heavy (non-hydrogen) atoms. The van der Waals surface area contributed by atoms with E-state index in [4.69, 9.17) is 9.47 Å². The van der Waals surface area contributed by atoms with Gasteiger partial charge in [-0.3, -0.25) is 0 Å². The molecule has 0 rings (SSSR count). The third kappa shape index (κ3) is 7.77. The van der Waals surface area contributed by atoms with Crippen LogP contribution in [0.2, 0.25) is 0 Å². The highest BCUT2D eigenvalue weighted by Gasteiger charge is 2.21. The molecule has 4 heteroatoms. The summed E-state index contributed by atoms with van der Waals surface area (Å²) in [7, 11) is 0. The number of ether oxygens (including phenoxy) is 2.